The largest absolute Gasteiger partial charge is 0.332 e. The van der Waals surface area contributed by atoms with Crippen LogP contribution in [0.2, 0.25) is 0 Å². The summed E-state index contributed by atoms with van der Waals surface area (Å²) in [5.74, 6) is 0.429. The van der Waals surface area contributed by atoms with Gasteiger partial charge in [0, 0.05) is 22.4 Å². The van der Waals surface area contributed by atoms with E-state index in [0.717, 1.165) is 27.8 Å². The van der Waals surface area contributed by atoms with Gasteiger partial charge in [-0.15, -0.1) is 11.3 Å². The van der Waals surface area contributed by atoms with Crippen molar-refractivity contribution in [3.8, 4) is 0 Å². The minimum atomic E-state index is -0.243. The Kier molecular flexibility index (Phi) is 7.60. The first-order valence-corrected chi connectivity index (χ1v) is 12.4. The van der Waals surface area contributed by atoms with Gasteiger partial charge in [0.05, 0.1) is 12.2 Å². The number of benzene rings is 2. The fraction of sp³-hybridized carbons (Fsp3) is 0.280. The van der Waals surface area contributed by atoms with E-state index in [1.54, 1.807) is 16.2 Å². The molecule has 0 radical (unpaired) electrons. The lowest BCUT2D eigenvalue weighted by Crippen LogP contribution is -2.45. The third-order valence-corrected chi connectivity index (χ3v) is 6.95. The first-order chi connectivity index (χ1) is 15.6. The van der Waals surface area contributed by atoms with Gasteiger partial charge in [0.15, 0.2) is 0 Å². The van der Waals surface area contributed by atoms with Gasteiger partial charge < -0.3 is 15.1 Å². The van der Waals surface area contributed by atoms with E-state index in [1.165, 1.54) is 0 Å². The number of para-hydroxylation sites is 1. The molecule has 3 amide bonds. The minimum Gasteiger partial charge on any atom is -0.332 e. The van der Waals surface area contributed by atoms with Gasteiger partial charge in [-0.3, -0.25) is 4.79 Å². The van der Waals surface area contributed by atoms with E-state index in [4.69, 9.17) is 0 Å². The Bertz CT molecular complexity index is 1040. The summed E-state index contributed by atoms with van der Waals surface area (Å²) in [4.78, 5) is 31.1. The van der Waals surface area contributed by atoms with Gasteiger partial charge >= 0.3 is 6.03 Å². The van der Waals surface area contributed by atoms with Crippen molar-refractivity contribution in [1.82, 2.24) is 9.80 Å². The highest BCUT2D eigenvalue weighted by Gasteiger charge is 2.29. The standard InChI is InChI=1S/C25H26BrN3O2S/c26-22-10-4-5-11-23(22)27-25(31)29(16-20-12-13-20)18-24(30)28(17-21-9-6-14-32-21)15-19-7-2-1-3-8-19/h1-11,14,20H,12-13,15-18H2,(H,27,31). The summed E-state index contributed by atoms with van der Waals surface area (Å²) in [6, 6.07) is 21.3. The number of rotatable bonds is 9. The number of hydrogen-bond acceptors (Lipinski definition) is 3. The molecule has 2 aromatic carbocycles. The predicted octanol–water partition coefficient (Wildman–Crippen LogP) is 5.98. The molecule has 1 heterocycles. The first-order valence-electron chi connectivity index (χ1n) is 10.7. The summed E-state index contributed by atoms with van der Waals surface area (Å²) < 4.78 is 0.814. The molecule has 166 valence electrons. The molecule has 0 atom stereocenters. The minimum absolute atomic E-state index is 0.0508. The van der Waals surface area contributed by atoms with Crippen LogP contribution in [0.1, 0.15) is 23.3 Å². The van der Waals surface area contributed by atoms with Crippen molar-refractivity contribution in [3.63, 3.8) is 0 Å². The van der Waals surface area contributed by atoms with Crippen LogP contribution in [-0.2, 0) is 17.9 Å². The molecule has 32 heavy (non-hydrogen) atoms. The molecule has 0 aliphatic heterocycles. The zero-order valence-electron chi connectivity index (χ0n) is 17.7. The third-order valence-electron chi connectivity index (χ3n) is 5.40. The van der Waals surface area contributed by atoms with Gasteiger partial charge in [-0.2, -0.15) is 0 Å². The SMILES string of the molecule is O=C(CN(CC1CC1)C(=O)Nc1ccccc1Br)N(Cc1ccccc1)Cc1cccs1. The summed E-state index contributed by atoms with van der Waals surface area (Å²) >= 11 is 5.11. The number of halogens is 1. The summed E-state index contributed by atoms with van der Waals surface area (Å²) in [5, 5.41) is 4.97. The number of hydrogen-bond donors (Lipinski definition) is 1. The smallest absolute Gasteiger partial charge is 0.322 e. The maximum Gasteiger partial charge on any atom is 0.322 e. The Labute approximate surface area is 201 Å². The number of amides is 3. The summed E-state index contributed by atoms with van der Waals surface area (Å²) in [6.07, 6.45) is 2.21. The quantitative estimate of drug-likeness (QED) is 0.383. The van der Waals surface area contributed by atoms with Gasteiger partial charge in [-0.25, -0.2) is 4.79 Å². The Morgan fingerprint density at radius 3 is 2.38 bits per heavy atom. The van der Waals surface area contributed by atoms with Gasteiger partial charge in [0.2, 0.25) is 5.91 Å². The fourth-order valence-corrected chi connectivity index (χ4v) is 4.58. The topological polar surface area (TPSA) is 52.7 Å². The molecule has 1 aliphatic carbocycles. The fourth-order valence-electron chi connectivity index (χ4n) is 3.48. The molecular formula is C25H26BrN3O2S. The molecule has 1 aliphatic rings. The van der Waals surface area contributed by atoms with Crippen molar-refractivity contribution in [2.24, 2.45) is 5.92 Å². The van der Waals surface area contributed by atoms with Crippen molar-refractivity contribution < 1.29 is 9.59 Å². The maximum absolute atomic E-state index is 13.4. The molecule has 1 fully saturated rings. The predicted molar refractivity (Wildman–Crippen MR) is 132 cm³/mol. The van der Waals surface area contributed by atoms with Crippen LogP contribution in [0.25, 0.3) is 0 Å². The van der Waals surface area contributed by atoms with Crippen molar-refractivity contribution in [2.75, 3.05) is 18.4 Å². The van der Waals surface area contributed by atoms with Gasteiger partial charge in [0.25, 0.3) is 0 Å². The second kappa shape index (κ2) is 10.8. The Morgan fingerprint density at radius 1 is 0.938 bits per heavy atom. The molecule has 0 bridgehead atoms. The van der Waals surface area contributed by atoms with E-state index in [1.807, 2.05) is 77.0 Å². The molecule has 0 spiro atoms. The monoisotopic (exact) mass is 511 g/mol. The zero-order valence-corrected chi connectivity index (χ0v) is 20.1. The average Bonchev–Trinajstić information content (AvgIpc) is 3.47. The normalized spacial score (nSPS) is 12.9. The number of nitrogens with one attached hydrogen (secondary N) is 1. The van der Waals surface area contributed by atoms with Crippen LogP contribution in [0.4, 0.5) is 10.5 Å². The van der Waals surface area contributed by atoms with Crippen LogP contribution >= 0.6 is 27.3 Å². The molecule has 5 nitrogen and oxygen atoms in total. The molecule has 0 saturated heterocycles. The highest BCUT2D eigenvalue weighted by molar-refractivity contribution is 9.10. The zero-order chi connectivity index (χ0) is 22.3. The second-order valence-electron chi connectivity index (χ2n) is 8.05. The Morgan fingerprint density at radius 2 is 1.69 bits per heavy atom. The molecule has 1 N–H and O–H groups in total. The first kappa shape index (κ1) is 22.6. The second-order valence-corrected chi connectivity index (χ2v) is 9.94. The molecular weight excluding hydrogens is 486 g/mol. The number of anilines is 1. The molecule has 1 aromatic heterocycles. The van der Waals surface area contributed by atoms with Crippen LogP contribution in [0.5, 0.6) is 0 Å². The van der Waals surface area contributed by atoms with Crippen molar-refractivity contribution in [2.45, 2.75) is 25.9 Å². The van der Waals surface area contributed by atoms with Crippen molar-refractivity contribution >= 4 is 44.9 Å². The summed E-state index contributed by atoms with van der Waals surface area (Å²) in [5.41, 5.74) is 1.77. The Balaban J connectivity index is 1.48. The van der Waals surface area contributed by atoms with Crippen LogP contribution in [-0.4, -0.2) is 34.8 Å². The molecule has 7 heteroatoms. The molecule has 4 rings (SSSR count). The number of nitrogens with zero attached hydrogens (tertiary/aromatic N) is 2. The molecule has 1 saturated carbocycles. The van der Waals surface area contributed by atoms with E-state index < -0.39 is 0 Å². The van der Waals surface area contributed by atoms with Crippen molar-refractivity contribution in [1.29, 1.82) is 0 Å². The number of thiophene rings is 1. The Hall–Kier alpha value is -2.64. The number of carbonyl (C=O) groups excluding carboxylic acids is 2. The van der Waals surface area contributed by atoms with E-state index in [0.29, 0.717) is 31.2 Å². The third kappa shape index (κ3) is 6.43. The average molecular weight is 512 g/mol. The van der Waals surface area contributed by atoms with Crippen molar-refractivity contribution in [3.05, 3.63) is 87.0 Å². The lowest BCUT2D eigenvalue weighted by molar-refractivity contribution is -0.133. The molecule has 3 aromatic rings. The van der Waals surface area contributed by atoms with E-state index in [-0.39, 0.29) is 18.5 Å². The number of carbonyl (C=O) groups is 2. The van der Waals surface area contributed by atoms with Crippen LogP contribution < -0.4 is 5.32 Å². The van der Waals surface area contributed by atoms with Gasteiger partial charge in [-0.05, 0) is 63.8 Å². The lowest BCUT2D eigenvalue weighted by Gasteiger charge is -2.28. The van der Waals surface area contributed by atoms with Crippen LogP contribution in [0, 0.1) is 5.92 Å². The van der Waals surface area contributed by atoms with E-state index in [9.17, 15) is 9.59 Å². The summed E-state index contributed by atoms with van der Waals surface area (Å²) in [6.45, 7) is 1.71. The van der Waals surface area contributed by atoms with Gasteiger partial charge in [-0.1, -0.05) is 48.5 Å². The van der Waals surface area contributed by atoms with E-state index >= 15 is 0 Å². The molecule has 0 unspecified atom stereocenters. The maximum atomic E-state index is 13.4. The lowest BCUT2D eigenvalue weighted by atomic mass is 10.2. The summed E-state index contributed by atoms with van der Waals surface area (Å²) in [7, 11) is 0. The number of urea groups is 1. The van der Waals surface area contributed by atoms with Crippen LogP contribution in [0.3, 0.4) is 0 Å². The van der Waals surface area contributed by atoms with E-state index in [2.05, 4.69) is 21.2 Å². The van der Waals surface area contributed by atoms with Gasteiger partial charge in [0.1, 0.15) is 6.54 Å². The van der Waals surface area contributed by atoms with Crippen LogP contribution in [0.15, 0.2) is 76.6 Å². The highest BCUT2D eigenvalue weighted by atomic mass is 79.9. The highest BCUT2D eigenvalue weighted by Crippen LogP contribution is 2.30.